The monoisotopic (exact) mass is 411 g/mol. The number of amides is 1. The van der Waals surface area contributed by atoms with E-state index in [9.17, 15) is 9.59 Å². The van der Waals surface area contributed by atoms with Crippen LogP contribution in [0.5, 0.6) is 11.5 Å². The molecule has 3 rings (SSSR count). The molecule has 1 aromatic heterocycles. The van der Waals surface area contributed by atoms with E-state index in [4.69, 9.17) is 9.47 Å². The van der Waals surface area contributed by atoms with Crippen LogP contribution in [-0.4, -0.2) is 35.9 Å². The average Bonchev–Trinajstić information content (AvgIpc) is 2.75. The van der Waals surface area contributed by atoms with Gasteiger partial charge in [0, 0.05) is 17.7 Å². The minimum atomic E-state index is -0.361. The van der Waals surface area contributed by atoms with Crippen LogP contribution in [0.25, 0.3) is 11.3 Å². The first-order chi connectivity index (χ1) is 14.0. The van der Waals surface area contributed by atoms with Crippen LogP contribution in [0.2, 0.25) is 0 Å². The number of methoxy groups -OCH3 is 2. The highest BCUT2D eigenvalue weighted by atomic mass is 32.2. The number of anilines is 1. The zero-order valence-corrected chi connectivity index (χ0v) is 17.2. The third-order valence-corrected chi connectivity index (χ3v) is 4.89. The van der Waals surface area contributed by atoms with Crippen molar-refractivity contribution in [2.45, 2.75) is 11.7 Å². The number of nitrogens with zero attached hydrogens (tertiary/aromatic N) is 2. The molecule has 0 aliphatic carbocycles. The molecule has 1 heterocycles. The van der Waals surface area contributed by atoms with Gasteiger partial charge in [0.05, 0.1) is 25.6 Å². The van der Waals surface area contributed by atoms with Crippen LogP contribution in [0.4, 0.5) is 5.69 Å². The van der Waals surface area contributed by atoms with E-state index >= 15 is 0 Å². The molecule has 0 fully saturated rings. The zero-order valence-electron chi connectivity index (χ0n) is 16.3. The molecule has 150 valence electrons. The lowest BCUT2D eigenvalue weighted by Crippen LogP contribution is -2.29. The molecule has 0 spiro atoms. The van der Waals surface area contributed by atoms with Gasteiger partial charge in [0.25, 0.3) is 5.56 Å². The van der Waals surface area contributed by atoms with Gasteiger partial charge >= 0.3 is 0 Å². The highest BCUT2D eigenvalue weighted by Crippen LogP contribution is 2.29. The highest BCUT2D eigenvalue weighted by molar-refractivity contribution is 7.98. The third-order valence-electron chi connectivity index (χ3n) is 4.21. The zero-order chi connectivity index (χ0) is 20.8. The van der Waals surface area contributed by atoms with E-state index in [0.717, 1.165) is 5.56 Å². The number of rotatable bonds is 7. The molecule has 0 radical (unpaired) electrons. The topological polar surface area (TPSA) is 82.5 Å². The fraction of sp³-hybridized carbons (Fsp3) is 0.190. The molecular weight excluding hydrogens is 390 g/mol. The van der Waals surface area contributed by atoms with Crippen molar-refractivity contribution >= 4 is 23.4 Å². The summed E-state index contributed by atoms with van der Waals surface area (Å²) < 4.78 is 11.8. The molecule has 3 aromatic rings. The van der Waals surface area contributed by atoms with Gasteiger partial charge in [0.1, 0.15) is 18.0 Å². The quantitative estimate of drug-likeness (QED) is 0.475. The van der Waals surface area contributed by atoms with Crippen molar-refractivity contribution in [3.05, 3.63) is 65.0 Å². The van der Waals surface area contributed by atoms with Crippen LogP contribution in [0.15, 0.2) is 64.5 Å². The summed E-state index contributed by atoms with van der Waals surface area (Å²) in [5.74, 6) is 0.717. The summed E-state index contributed by atoms with van der Waals surface area (Å²) in [6.45, 7) is -0.160. The van der Waals surface area contributed by atoms with Gasteiger partial charge in [-0.2, -0.15) is 0 Å². The summed E-state index contributed by atoms with van der Waals surface area (Å²) in [6.07, 6.45) is 1.82. The number of ether oxygens (including phenoxy) is 2. The molecule has 0 bridgehead atoms. The number of benzene rings is 2. The van der Waals surface area contributed by atoms with Crippen LogP contribution in [0.3, 0.4) is 0 Å². The number of nitrogens with one attached hydrogen (secondary N) is 1. The number of carbonyl (C=O) groups excluding carboxylic acids is 1. The number of carbonyl (C=O) groups is 1. The number of thioether (sulfide) groups is 1. The van der Waals surface area contributed by atoms with Gasteiger partial charge in [-0.25, -0.2) is 4.98 Å². The van der Waals surface area contributed by atoms with E-state index in [1.54, 1.807) is 25.3 Å². The van der Waals surface area contributed by atoms with Crippen molar-refractivity contribution in [3.63, 3.8) is 0 Å². The Bertz CT molecular complexity index is 1070. The lowest BCUT2D eigenvalue weighted by molar-refractivity contribution is -0.116. The Kier molecular flexibility index (Phi) is 6.56. The molecule has 29 heavy (non-hydrogen) atoms. The van der Waals surface area contributed by atoms with E-state index in [2.05, 4.69) is 10.3 Å². The summed E-state index contributed by atoms with van der Waals surface area (Å²) in [7, 11) is 3.06. The Morgan fingerprint density at radius 1 is 1.10 bits per heavy atom. The van der Waals surface area contributed by atoms with E-state index in [-0.39, 0.29) is 18.0 Å². The second-order valence-corrected chi connectivity index (χ2v) is 6.81. The molecule has 0 saturated carbocycles. The largest absolute Gasteiger partial charge is 0.497 e. The molecule has 0 aliphatic rings. The van der Waals surface area contributed by atoms with Crippen LogP contribution < -0.4 is 20.3 Å². The number of hydrogen-bond donors (Lipinski definition) is 1. The van der Waals surface area contributed by atoms with Crippen molar-refractivity contribution in [1.82, 2.24) is 9.55 Å². The smallest absolute Gasteiger partial charge is 0.255 e. The molecular formula is C21H21N3O4S. The lowest BCUT2D eigenvalue weighted by Gasteiger charge is -2.14. The van der Waals surface area contributed by atoms with Crippen LogP contribution in [0.1, 0.15) is 0 Å². The van der Waals surface area contributed by atoms with Gasteiger partial charge in [0.15, 0.2) is 5.16 Å². The van der Waals surface area contributed by atoms with Crippen LogP contribution in [-0.2, 0) is 11.3 Å². The van der Waals surface area contributed by atoms with Crippen molar-refractivity contribution < 1.29 is 14.3 Å². The van der Waals surface area contributed by atoms with E-state index in [0.29, 0.717) is 28.0 Å². The molecule has 0 unspecified atom stereocenters. The summed E-state index contributed by atoms with van der Waals surface area (Å²) in [6, 6.07) is 16.0. The summed E-state index contributed by atoms with van der Waals surface area (Å²) in [4.78, 5) is 29.8. The van der Waals surface area contributed by atoms with Gasteiger partial charge in [-0.05, 0) is 18.4 Å². The number of hydrogen-bond acceptors (Lipinski definition) is 6. The maximum Gasteiger partial charge on any atom is 0.255 e. The van der Waals surface area contributed by atoms with Gasteiger partial charge in [-0.3, -0.25) is 14.2 Å². The predicted molar refractivity (Wildman–Crippen MR) is 114 cm³/mol. The van der Waals surface area contributed by atoms with E-state index in [1.807, 2.05) is 36.6 Å². The van der Waals surface area contributed by atoms with E-state index < -0.39 is 0 Å². The third kappa shape index (κ3) is 4.78. The number of aromatic nitrogens is 2. The normalized spacial score (nSPS) is 10.4. The van der Waals surface area contributed by atoms with Gasteiger partial charge in [-0.1, -0.05) is 42.1 Å². The SMILES string of the molecule is COc1ccc(NC(=O)Cn2c(SC)nc(-c3ccccc3)cc2=O)c(OC)c1. The molecule has 0 saturated heterocycles. The summed E-state index contributed by atoms with van der Waals surface area (Å²) in [5.41, 5.74) is 1.62. The van der Waals surface area contributed by atoms with Crippen molar-refractivity contribution in [2.75, 3.05) is 25.8 Å². The summed E-state index contributed by atoms with van der Waals surface area (Å²) in [5, 5.41) is 3.24. The second kappa shape index (κ2) is 9.29. The molecule has 0 atom stereocenters. The first-order valence-corrected chi connectivity index (χ1v) is 10.0. The van der Waals surface area contributed by atoms with Crippen molar-refractivity contribution in [2.24, 2.45) is 0 Å². The highest BCUT2D eigenvalue weighted by Gasteiger charge is 2.14. The Morgan fingerprint density at radius 3 is 2.52 bits per heavy atom. The molecule has 1 N–H and O–H groups in total. The Hall–Kier alpha value is -3.26. The molecule has 0 aliphatic heterocycles. The van der Waals surface area contributed by atoms with Crippen molar-refractivity contribution in [3.8, 4) is 22.8 Å². The van der Waals surface area contributed by atoms with Crippen LogP contribution in [0, 0.1) is 0 Å². The fourth-order valence-electron chi connectivity index (χ4n) is 2.78. The maximum atomic E-state index is 12.7. The van der Waals surface area contributed by atoms with Gasteiger partial charge in [0.2, 0.25) is 5.91 Å². The molecule has 7 nitrogen and oxygen atoms in total. The Morgan fingerprint density at radius 2 is 1.86 bits per heavy atom. The lowest BCUT2D eigenvalue weighted by atomic mass is 10.1. The van der Waals surface area contributed by atoms with Gasteiger partial charge < -0.3 is 14.8 Å². The summed E-state index contributed by atoms with van der Waals surface area (Å²) >= 11 is 1.31. The second-order valence-electron chi connectivity index (χ2n) is 6.03. The average molecular weight is 411 g/mol. The first-order valence-electron chi connectivity index (χ1n) is 8.79. The fourth-order valence-corrected chi connectivity index (χ4v) is 3.34. The van der Waals surface area contributed by atoms with Crippen molar-refractivity contribution in [1.29, 1.82) is 0 Å². The van der Waals surface area contributed by atoms with E-state index in [1.165, 1.54) is 29.5 Å². The predicted octanol–water partition coefficient (Wildman–Crippen LogP) is 3.29. The molecule has 8 heteroatoms. The molecule has 1 amide bonds. The Balaban J connectivity index is 1.84. The van der Waals surface area contributed by atoms with Gasteiger partial charge in [-0.15, -0.1) is 0 Å². The standard InChI is InChI=1S/C21H21N3O4S/c1-27-15-9-10-16(18(11-15)28-2)22-19(25)13-24-20(26)12-17(23-21(24)29-3)14-7-5-4-6-8-14/h4-12H,13H2,1-3H3,(H,22,25). The molecule has 2 aromatic carbocycles. The first kappa shape index (κ1) is 20.5. The minimum Gasteiger partial charge on any atom is -0.497 e. The minimum absolute atomic E-state index is 0.160. The maximum absolute atomic E-state index is 12.7. The van der Waals surface area contributed by atoms with Crippen LogP contribution >= 0.6 is 11.8 Å². The Labute approximate surface area is 172 Å².